The standard InChI is InChI=1S/C69H91N21O39/c1-23(91)104-39-15-37-40(17-78-85-71)119-64(39)126-49-42(19-80-87-73)122-67(61(114-33(11)101)55(49)108-27(5)95)128-51-44(21-82-89-75)124-69(63(116-35(13)103)57(51)110-29(7)97)129-52-45(22-83-90-76)123-68(62(115-34(12)102)58(52)111-30(8)98)127-50-43(20-81-88-74)121-66(60(113-32(10)100)56(50)109-28(6)96)125-46-36(16-77-84-70)14-38(47(105-24(2)92)53(46)106-25(3)93)117-48-41(18-79-86-72)120-65(118-37)59(112-31(9)99)54(48)107-26(4)94/h36-69H,14-22H2,1-13H3/t36?,37-,38+,39?,40?,41?,42?,43?,44?,45?,46-,47?,48-,49-,50-,51-,52-,53-,54-,55-,56-,57-,58+,59?,60?,61?,62?,63?,64-,65+,66-,67+,68+,69+/m0/s1. The second-order valence-electron chi connectivity index (χ2n) is 29.2. The Kier molecular flexibility index (Phi) is 38.2. The first kappa shape index (κ1) is 102. The quantitative estimate of drug-likeness (QED) is 0.0375. The molecule has 1 saturated carbocycles. The molecule has 20 heterocycles. The fraction of sp³-hybridized carbons (Fsp3) is 0.812. The van der Waals surface area contributed by atoms with Crippen molar-refractivity contribution in [3.8, 4) is 0 Å². The van der Waals surface area contributed by atoms with E-state index >= 15 is 0 Å². The molecule has 0 aromatic carbocycles. The van der Waals surface area contributed by atoms with Gasteiger partial charge in [0.1, 0.15) is 36.6 Å². The first-order valence-corrected chi connectivity index (χ1v) is 39.2. The highest BCUT2D eigenvalue weighted by Gasteiger charge is 2.64. The summed E-state index contributed by atoms with van der Waals surface area (Å²) in [4.78, 5) is 198. The van der Waals surface area contributed by atoms with Gasteiger partial charge in [0.25, 0.3) is 0 Å². The summed E-state index contributed by atoms with van der Waals surface area (Å²) in [6.07, 6.45) is -71.2. The molecule has 0 aromatic rings. The second-order valence-corrected chi connectivity index (χ2v) is 29.2. The van der Waals surface area contributed by atoms with E-state index < -0.39 is 345 Å². The number of carbonyl (C=O) groups is 13. The van der Waals surface area contributed by atoms with Crippen LogP contribution in [0.5, 0.6) is 0 Å². The van der Waals surface area contributed by atoms with Crippen molar-refractivity contribution < 1.29 is 185 Å². The van der Waals surface area contributed by atoms with Crippen LogP contribution in [0.25, 0.3) is 73.1 Å². The average Bonchev–Trinajstić information content (AvgIpc) is 0.804. The Labute approximate surface area is 726 Å². The van der Waals surface area contributed by atoms with Crippen molar-refractivity contribution in [1.29, 1.82) is 0 Å². The Morgan fingerprint density at radius 1 is 0.217 bits per heavy atom. The molecule has 21 fully saturated rings. The molecule has 14 unspecified atom stereocenters. The van der Waals surface area contributed by atoms with Crippen LogP contribution in [0.4, 0.5) is 0 Å². The van der Waals surface area contributed by atoms with Crippen molar-refractivity contribution in [2.75, 3.05) is 45.8 Å². The van der Waals surface area contributed by atoms with Gasteiger partial charge < -0.3 is 123 Å². The summed E-state index contributed by atoms with van der Waals surface area (Å²) in [5.74, 6) is -17.4. The summed E-state index contributed by atoms with van der Waals surface area (Å²) in [6, 6.07) is 0. The molecule has 34 atom stereocenters. The summed E-state index contributed by atoms with van der Waals surface area (Å²) >= 11 is 0. The van der Waals surface area contributed by atoms with Gasteiger partial charge in [-0.05, 0) is 51.1 Å². The van der Waals surface area contributed by atoms with Gasteiger partial charge in [0.05, 0.1) is 88.1 Å². The minimum absolute atomic E-state index is 0.676. The molecule has 129 heavy (non-hydrogen) atoms. The van der Waals surface area contributed by atoms with Crippen molar-refractivity contribution >= 4 is 77.6 Å². The summed E-state index contributed by atoms with van der Waals surface area (Å²) in [7, 11) is 0. The molecule has 21 aliphatic rings. The monoisotopic (exact) mass is 1840 g/mol. The lowest BCUT2D eigenvalue weighted by molar-refractivity contribution is -0.389. The summed E-state index contributed by atoms with van der Waals surface area (Å²) in [6.45, 7) is 4.66. The Morgan fingerprint density at radius 3 is 0.682 bits per heavy atom. The van der Waals surface area contributed by atoms with Crippen molar-refractivity contribution in [1.82, 2.24) is 0 Å². The van der Waals surface area contributed by atoms with Crippen LogP contribution in [0.15, 0.2) is 35.8 Å². The summed E-state index contributed by atoms with van der Waals surface area (Å²) < 4.78 is 163. The van der Waals surface area contributed by atoms with Crippen LogP contribution >= 0.6 is 0 Å². The van der Waals surface area contributed by atoms with Gasteiger partial charge in [-0.3, -0.25) is 62.3 Å². The van der Waals surface area contributed by atoms with Gasteiger partial charge >= 0.3 is 77.6 Å². The minimum atomic E-state index is -2.38. The Hall–Kier alpha value is -12.2. The molecule has 706 valence electrons. The normalized spacial score (nSPS) is 35.8. The van der Waals surface area contributed by atoms with E-state index in [9.17, 15) is 101 Å². The Balaban J connectivity index is 1.45. The number of azide groups is 7. The van der Waals surface area contributed by atoms with E-state index in [1.165, 1.54) is 0 Å². The highest BCUT2D eigenvalue weighted by Crippen LogP contribution is 2.45. The van der Waals surface area contributed by atoms with E-state index in [4.69, 9.17) is 123 Å². The van der Waals surface area contributed by atoms with Gasteiger partial charge in [-0.2, -0.15) is 0 Å². The zero-order valence-corrected chi connectivity index (χ0v) is 70.8. The smallest absolute Gasteiger partial charge is 0.303 e. The number of ether oxygens (including phenoxy) is 26. The number of esters is 13. The molecule has 60 heteroatoms. The lowest BCUT2D eigenvalue weighted by Crippen LogP contribution is -2.69. The van der Waals surface area contributed by atoms with Crippen molar-refractivity contribution in [3.05, 3.63) is 73.1 Å². The number of rotatable bonds is 27. The maximum Gasteiger partial charge on any atom is 0.303 e. The third kappa shape index (κ3) is 27.9. The SMILES string of the molecule is CC(=O)OC1C[C@@H]2O[C@@H]3OC(CN=[N+]=[N-])[C@H](O[C@@H]4CC(CN=[N+]=[N-])[C@H](O[C@@H]5OC(CN=[N+]=[N-])[C@H](O[C@H]6OC(CN=[N+]=[N-])[C@H](O[C@H]7OC(CN=[N+]=[N-])[C@H](O[C@H]8OC(CN=[N+]=[N-])[C@H](O[C@@H]1OC2CN=[N+]=[N-])[C@H](OC(C)=O)C8OC(C)=O)[C@H](OC(C)=O)C7OC(C)=O)[C@@H](OC(C)=O)C6OC(C)=O)[C@H](OC(C)=O)C5OC(C)=O)[C@H](OC(C)=O)C4OC(C)=O)[C@H](OC(C)=O)C3OC(C)=O. The molecule has 1 aliphatic carbocycles. The molecular formula is C69H91N21O39. The van der Waals surface area contributed by atoms with Crippen LogP contribution in [0.2, 0.25) is 0 Å². The van der Waals surface area contributed by atoms with Gasteiger partial charge in [0.15, 0.2) is 117 Å². The maximum absolute atomic E-state index is 13.8. The molecule has 14 bridgehead atoms. The first-order valence-electron chi connectivity index (χ1n) is 39.2. The van der Waals surface area contributed by atoms with Crippen molar-refractivity contribution in [2.24, 2.45) is 41.7 Å². The fourth-order valence-corrected chi connectivity index (χ4v) is 15.7. The molecule has 20 aliphatic heterocycles. The molecule has 0 radical (unpaired) electrons. The molecule has 21 rings (SSSR count). The number of hydrogen-bond acceptors (Lipinski definition) is 46. The van der Waals surface area contributed by atoms with Gasteiger partial charge in [0, 0.05) is 137 Å². The van der Waals surface area contributed by atoms with Crippen molar-refractivity contribution in [3.63, 3.8) is 0 Å². The summed E-state index contributed by atoms with van der Waals surface area (Å²) in [5, 5.41) is 25.8. The predicted octanol–water partition coefficient (Wildman–Crippen LogP) is 3.11. The second kappa shape index (κ2) is 48.2. The Bertz CT molecular complexity index is 4320. The van der Waals surface area contributed by atoms with E-state index in [2.05, 4.69) is 70.2 Å². The molecule has 20 saturated heterocycles. The predicted molar refractivity (Wildman–Crippen MR) is 403 cm³/mol. The third-order valence-corrected chi connectivity index (χ3v) is 19.8. The largest absolute Gasteiger partial charge is 0.457 e. The van der Waals surface area contributed by atoms with E-state index in [-0.39, 0.29) is 0 Å². The van der Waals surface area contributed by atoms with E-state index in [0.717, 1.165) is 90.0 Å². The maximum atomic E-state index is 13.8. The highest BCUT2D eigenvalue weighted by molar-refractivity contribution is 5.71. The molecule has 60 nitrogen and oxygen atoms in total. The molecule has 0 spiro atoms. The van der Waals surface area contributed by atoms with Crippen LogP contribution in [0.1, 0.15) is 103 Å². The van der Waals surface area contributed by atoms with E-state index in [0.29, 0.717) is 0 Å². The Morgan fingerprint density at radius 2 is 0.419 bits per heavy atom. The van der Waals surface area contributed by atoms with Gasteiger partial charge in [0.2, 0.25) is 0 Å². The van der Waals surface area contributed by atoms with E-state index in [1.54, 1.807) is 0 Å². The number of nitrogens with zero attached hydrogens (tertiary/aromatic N) is 21. The number of hydrogen-bond donors (Lipinski definition) is 0. The first-order chi connectivity index (χ1) is 61.3. The molecule has 0 N–H and O–H groups in total. The number of carbonyl (C=O) groups excluding carboxylic acids is 13. The van der Waals surface area contributed by atoms with Gasteiger partial charge in [-0.15, -0.1) is 0 Å². The zero-order valence-electron chi connectivity index (χ0n) is 70.8. The topological polar surface area (TPSA) is 803 Å². The van der Waals surface area contributed by atoms with Gasteiger partial charge in [-0.1, -0.05) is 35.8 Å². The van der Waals surface area contributed by atoms with E-state index in [1.807, 2.05) is 0 Å². The third-order valence-electron chi connectivity index (χ3n) is 19.8. The zero-order chi connectivity index (χ0) is 94.8. The van der Waals surface area contributed by atoms with Crippen LogP contribution < -0.4 is 0 Å². The summed E-state index contributed by atoms with van der Waals surface area (Å²) in [5.41, 5.74) is 70.1. The van der Waals surface area contributed by atoms with Gasteiger partial charge in [-0.25, -0.2) is 0 Å². The molecular weight excluding hydrogens is 1750 g/mol. The lowest BCUT2D eigenvalue weighted by atomic mass is 9.79. The molecule has 0 aromatic heterocycles. The van der Waals surface area contributed by atoms with Crippen LogP contribution in [-0.4, -0.2) is 326 Å². The van der Waals surface area contributed by atoms with Crippen LogP contribution in [-0.2, 0) is 185 Å². The van der Waals surface area contributed by atoms with Crippen molar-refractivity contribution in [2.45, 2.75) is 305 Å². The van der Waals surface area contributed by atoms with Crippen LogP contribution in [0.3, 0.4) is 0 Å². The lowest BCUT2D eigenvalue weighted by Gasteiger charge is -2.52. The average molecular weight is 1840 g/mol. The highest BCUT2D eigenvalue weighted by atomic mass is 16.8. The van der Waals surface area contributed by atoms with Crippen LogP contribution in [0, 0.1) is 5.92 Å². The minimum Gasteiger partial charge on any atom is -0.457 e. The molecule has 0 amide bonds. The fourth-order valence-electron chi connectivity index (χ4n) is 15.7.